The third-order valence-electron chi connectivity index (χ3n) is 6.21. The van der Waals surface area contributed by atoms with E-state index in [2.05, 4.69) is 72.5 Å². The molecule has 2 atom stereocenters. The zero-order chi connectivity index (χ0) is 21.0. The number of nitrogens with zero attached hydrogens (tertiary/aromatic N) is 1. The maximum absolute atomic E-state index is 9.64. The van der Waals surface area contributed by atoms with Crippen molar-refractivity contribution in [2.45, 2.75) is 57.9 Å². The lowest BCUT2D eigenvalue weighted by molar-refractivity contribution is -0.410. The minimum atomic E-state index is -1.01. The molecule has 162 valence electrons. The van der Waals surface area contributed by atoms with Crippen LogP contribution in [-0.2, 0) is 27.3 Å². The van der Waals surface area contributed by atoms with Gasteiger partial charge in [-0.15, -0.1) is 0 Å². The summed E-state index contributed by atoms with van der Waals surface area (Å²) in [5.74, 6) is -1.01. The fourth-order valence-electron chi connectivity index (χ4n) is 4.32. The van der Waals surface area contributed by atoms with E-state index >= 15 is 0 Å². The molecule has 0 aromatic heterocycles. The van der Waals surface area contributed by atoms with Gasteiger partial charge >= 0.3 is 0 Å². The van der Waals surface area contributed by atoms with Crippen LogP contribution in [0.5, 0.6) is 0 Å². The molecule has 2 aliphatic heterocycles. The van der Waals surface area contributed by atoms with E-state index in [-0.39, 0.29) is 24.2 Å². The Hall–Kier alpha value is -1.76. The van der Waals surface area contributed by atoms with Crippen molar-refractivity contribution in [3.05, 3.63) is 71.8 Å². The third kappa shape index (κ3) is 4.76. The largest absolute Gasteiger partial charge is 0.396 e. The summed E-state index contributed by atoms with van der Waals surface area (Å²) >= 11 is 0. The van der Waals surface area contributed by atoms with Crippen molar-refractivity contribution in [1.29, 1.82) is 0 Å². The van der Waals surface area contributed by atoms with Crippen molar-refractivity contribution in [3.8, 4) is 0 Å². The van der Waals surface area contributed by atoms with E-state index in [0.29, 0.717) is 19.6 Å². The monoisotopic (exact) mass is 411 g/mol. The summed E-state index contributed by atoms with van der Waals surface area (Å²) in [6, 6.07) is 21.3. The van der Waals surface area contributed by atoms with Crippen LogP contribution in [0.2, 0.25) is 0 Å². The van der Waals surface area contributed by atoms with Gasteiger partial charge in [0.05, 0.1) is 25.9 Å². The molecule has 5 nitrogen and oxygen atoms in total. The summed E-state index contributed by atoms with van der Waals surface area (Å²) in [5, 5.41) is 9.64. The molecule has 30 heavy (non-hydrogen) atoms. The molecule has 1 N–H and O–H groups in total. The Balaban J connectivity index is 1.55. The van der Waals surface area contributed by atoms with Crippen LogP contribution >= 0.6 is 0 Å². The van der Waals surface area contributed by atoms with Crippen LogP contribution in [0.3, 0.4) is 0 Å². The van der Waals surface area contributed by atoms with Gasteiger partial charge in [0.1, 0.15) is 0 Å². The van der Waals surface area contributed by atoms with Gasteiger partial charge in [-0.3, -0.25) is 4.90 Å². The zero-order valence-corrected chi connectivity index (χ0v) is 18.0. The molecule has 1 spiro atoms. The van der Waals surface area contributed by atoms with E-state index < -0.39 is 5.97 Å². The lowest BCUT2D eigenvalue weighted by atomic mass is 9.93. The summed E-state index contributed by atoms with van der Waals surface area (Å²) < 4.78 is 18.6. The van der Waals surface area contributed by atoms with Crippen LogP contribution in [0.4, 0.5) is 0 Å². The first-order valence-electron chi connectivity index (χ1n) is 10.9. The maximum atomic E-state index is 9.64. The van der Waals surface area contributed by atoms with Crippen molar-refractivity contribution < 1.29 is 19.3 Å². The smallest absolute Gasteiger partial charge is 0.284 e. The number of aliphatic hydroxyl groups is 1. The molecule has 2 saturated heterocycles. The van der Waals surface area contributed by atoms with Gasteiger partial charge in [-0.1, -0.05) is 74.5 Å². The van der Waals surface area contributed by atoms with E-state index in [9.17, 15) is 5.11 Å². The zero-order valence-electron chi connectivity index (χ0n) is 18.0. The maximum Gasteiger partial charge on any atom is 0.284 e. The summed E-state index contributed by atoms with van der Waals surface area (Å²) in [4.78, 5) is 2.49. The predicted molar refractivity (Wildman–Crippen MR) is 116 cm³/mol. The molecule has 5 heteroatoms. The van der Waals surface area contributed by atoms with Crippen LogP contribution in [0.1, 0.15) is 37.8 Å². The van der Waals surface area contributed by atoms with Crippen molar-refractivity contribution >= 4 is 0 Å². The number of hydrogen-bond acceptors (Lipinski definition) is 5. The van der Waals surface area contributed by atoms with Gasteiger partial charge < -0.3 is 19.3 Å². The normalized spacial score (nSPS) is 31.5. The van der Waals surface area contributed by atoms with Gasteiger partial charge in [0, 0.05) is 31.0 Å². The minimum absolute atomic E-state index is 0.0240. The molecule has 0 aliphatic carbocycles. The average molecular weight is 412 g/mol. The Morgan fingerprint density at radius 3 is 1.93 bits per heavy atom. The van der Waals surface area contributed by atoms with Crippen molar-refractivity contribution in [2.24, 2.45) is 5.41 Å². The topological polar surface area (TPSA) is 51.2 Å². The van der Waals surface area contributed by atoms with Gasteiger partial charge in [0.2, 0.25) is 0 Å². The highest BCUT2D eigenvalue weighted by molar-refractivity contribution is 5.18. The molecule has 2 heterocycles. The summed E-state index contributed by atoms with van der Waals surface area (Å²) in [7, 11) is 0. The molecule has 2 fully saturated rings. The average Bonchev–Trinajstić information content (AvgIpc) is 3.16. The lowest BCUT2D eigenvalue weighted by Gasteiger charge is -2.41. The molecule has 2 aliphatic rings. The molecular formula is C25H33NO4. The fraction of sp³-hybridized carbons (Fsp3) is 0.520. The Morgan fingerprint density at radius 2 is 1.47 bits per heavy atom. The van der Waals surface area contributed by atoms with Gasteiger partial charge in [-0.2, -0.15) is 0 Å². The van der Waals surface area contributed by atoms with Crippen LogP contribution in [-0.4, -0.2) is 47.9 Å². The summed E-state index contributed by atoms with van der Waals surface area (Å²) in [5.41, 5.74) is 2.19. The molecule has 2 aromatic rings. The Kier molecular flexibility index (Phi) is 6.56. The van der Waals surface area contributed by atoms with Crippen LogP contribution < -0.4 is 0 Å². The van der Waals surface area contributed by atoms with Crippen molar-refractivity contribution in [1.82, 2.24) is 4.90 Å². The first-order valence-corrected chi connectivity index (χ1v) is 10.9. The minimum Gasteiger partial charge on any atom is -0.396 e. The standard InChI is InChI=1S/C25H33NO4/c1-3-23-22(14-25(30-23)28-18-24(2,17-27)19-29-25)26(15-20-10-6-4-7-11-20)16-21-12-8-5-9-13-21/h4-13,22-23,27H,3,14-19H2,1-2H3/t22-,23+,24?,25?/m0/s1. The molecule has 2 aromatic carbocycles. The van der Waals surface area contributed by atoms with E-state index in [1.54, 1.807) is 0 Å². The predicted octanol–water partition coefficient (Wildman–Crippen LogP) is 3.96. The SMILES string of the molecule is CC[C@H]1OC2(C[C@@H]1N(Cc1ccccc1)Cc1ccccc1)OCC(C)(CO)CO2. The summed E-state index contributed by atoms with van der Waals surface area (Å²) in [6.45, 7) is 6.71. The fourth-order valence-corrected chi connectivity index (χ4v) is 4.32. The number of rotatable bonds is 7. The second-order valence-electron chi connectivity index (χ2n) is 8.94. The highest BCUT2D eigenvalue weighted by Crippen LogP contribution is 2.42. The number of benzene rings is 2. The third-order valence-corrected chi connectivity index (χ3v) is 6.21. The highest BCUT2D eigenvalue weighted by atomic mass is 16.9. The highest BCUT2D eigenvalue weighted by Gasteiger charge is 2.53. The van der Waals surface area contributed by atoms with E-state index in [1.165, 1.54) is 11.1 Å². The second kappa shape index (κ2) is 9.16. The number of aliphatic hydroxyl groups excluding tert-OH is 1. The van der Waals surface area contributed by atoms with Crippen LogP contribution in [0.15, 0.2) is 60.7 Å². The van der Waals surface area contributed by atoms with Crippen molar-refractivity contribution in [2.75, 3.05) is 19.8 Å². The summed E-state index contributed by atoms with van der Waals surface area (Å²) in [6.07, 6.45) is 1.57. The van der Waals surface area contributed by atoms with E-state index in [0.717, 1.165) is 19.5 Å². The second-order valence-corrected chi connectivity index (χ2v) is 8.94. The first kappa shape index (κ1) is 21.5. The van der Waals surface area contributed by atoms with Crippen molar-refractivity contribution in [3.63, 3.8) is 0 Å². The Morgan fingerprint density at radius 1 is 0.933 bits per heavy atom. The molecule has 0 radical (unpaired) electrons. The number of ether oxygens (including phenoxy) is 3. The Labute approximate surface area is 179 Å². The van der Waals surface area contributed by atoms with Gasteiger partial charge in [-0.25, -0.2) is 0 Å². The molecule has 0 unspecified atom stereocenters. The van der Waals surface area contributed by atoms with Gasteiger partial charge in [-0.05, 0) is 17.5 Å². The molecule has 0 bridgehead atoms. The van der Waals surface area contributed by atoms with E-state index in [4.69, 9.17) is 14.2 Å². The first-order chi connectivity index (χ1) is 14.5. The quantitative estimate of drug-likeness (QED) is 0.748. The Bertz CT molecular complexity index is 748. The number of hydrogen-bond donors (Lipinski definition) is 1. The molecule has 0 saturated carbocycles. The molecule has 0 amide bonds. The van der Waals surface area contributed by atoms with Gasteiger partial charge in [0.15, 0.2) is 0 Å². The van der Waals surface area contributed by atoms with E-state index in [1.807, 2.05) is 6.92 Å². The molecule has 4 rings (SSSR count). The molecular weight excluding hydrogens is 378 g/mol. The lowest BCUT2D eigenvalue weighted by Crippen LogP contribution is -2.50. The van der Waals surface area contributed by atoms with Gasteiger partial charge in [0.25, 0.3) is 5.97 Å². The van der Waals surface area contributed by atoms with Crippen LogP contribution in [0.25, 0.3) is 0 Å². The van der Waals surface area contributed by atoms with Crippen LogP contribution in [0, 0.1) is 5.41 Å².